The Hall–Kier alpha value is -0.840. The van der Waals surface area contributed by atoms with E-state index in [1.54, 1.807) is 11.3 Å². The number of hydrogen-bond acceptors (Lipinski definition) is 3. The first-order valence-electron chi connectivity index (χ1n) is 5.84. The second-order valence-electron chi connectivity index (χ2n) is 4.55. The molecule has 0 saturated heterocycles. The monoisotopic (exact) mass is 324 g/mol. The molecule has 4 heteroatoms. The van der Waals surface area contributed by atoms with Crippen LogP contribution in [0.25, 0.3) is 0 Å². The third kappa shape index (κ3) is 4.12. The molecule has 0 fully saturated rings. The molecule has 0 aliphatic carbocycles. The summed E-state index contributed by atoms with van der Waals surface area (Å²) in [6.45, 7) is 1.84. The predicted octanol–water partition coefficient (Wildman–Crippen LogP) is 4.18. The summed E-state index contributed by atoms with van der Waals surface area (Å²) in [5.41, 5.74) is 3.82. The van der Waals surface area contributed by atoms with E-state index in [9.17, 15) is 0 Å². The predicted molar refractivity (Wildman–Crippen MR) is 83.2 cm³/mol. The van der Waals surface area contributed by atoms with Gasteiger partial charge in [0, 0.05) is 18.8 Å². The first-order valence-corrected chi connectivity index (χ1v) is 7.51. The molecule has 2 nitrogen and oxygen atoms in total. The molecule has 2 aromatic rings. The van der Waals surface area contributed by atoms with Crippen LogP contribution in [0, 0.1) is 0 Å². The van der Waals surface area contributed by atoms with Crippen LogP contribution in [0.2, 0.25) is 0 Å². The van der Waals surface area contributed by atoms with Gasteiger partial charge in [0.25, 0.3) is 0 Å². The normalized spacial score (nSPS) is 10.9. The Morgan fingerprint density at radius 2 is 2.06 bits per heavy atom. The second-order valence-corrected chi connectivity index (χ2v) is 6.84. The van der Waals surface area contributed by atoms with Gasteiger partial charge in [-0.1, -0.05) is 12.1 Å². The topological polar surface area (TPSA) is 15.3 Å². The Morgan fingerprint density at radius 3 is 2.72 bits per heavy atom. The number of hydrogen-bond donors (Lipinski definition) is 1. The van der Waals surface area contributed by atoms with Crippen molar-refractivity contribution in [2.24, 2.45) is 0 Å². The molecule has 1 heterocycles. The Kier molecular flexibility index (Phi) is 4.80. The zero-order valence-corrected chi connectivity index (χ0v) is 13.0. The SMILES string of the molecule is CN(C)Cc1cccc(NCc2csc(Br)c2)c1. The molecule has 0 atom stereocenters. The van der Waals surface area contributed by atoms with Crippen LogP contribution in [-0.2, 0) is 13.1 Å². The van der Waals surface area contributed by atoms with E-state index in [4.69, 9.17) is 0 Å². The first kappa shape index (κ1) is 13.6. The Bertz CT molecular complexity index is 508. The molecule has 0 aliphatic rings. The summed E-state index contributed by atoms with van der Waals surface area (Å²) in [6, 6.07) is 10.7. The molecule has 0 amide bonds. The fourth-order valence-electron chi connectivity index (χ4n) is 1.79. The molecule has 2 rings (SSSR count). The standard InChI is InChI=1S/C14H17BrN2S/c1-17(2)9-11-4-3-5-13(6-11)16-8-12-7-14(15)18-10-12/h3-7,10,16H,8-9H2,1-2H3. The average Bonchev–Trinajstić information content (AvgIpc) is 2.72. The number of rotatable bonds is 5. The molecule has 1 aromatic heterocycles. The third-order valence-electron chi connectivity index (χ3n) is 2.54. The van der Waals surface area contributed by atoms with Crippen molar-refractivity contribution in [2.75, 3.05) is 19.4 Å². The van der Waals surface area contributed by atoms with Crippen molar-refractivity contribution in [1.82, 2.24) is 4.90 Å². The zero-order valence-electron chi connectivity index (χ0n) is 10.6. The summed E-state index contributed by atoms with van der Waals surface area (Å²) in [7, 11) is 4.17. The van der Waals surface area contributed by atoms with Crippen LogP contribution in [0.4, 0.5) is 5.69 Å². The van der Waals surface area contributed by atoms with E-state index in [-0.39, 0.29) is 0 Å². The van der Waals surface area contributed by atoms with Crippen molar-refractivity contribution >= 4 is 33.0 Å². The van der Waals surface area contributed by atoms with E-state index in [0.29, 0.717) is 0 Å². The highest BCUT2D eigenvalue weighted by Gasteiger charge is 1.99. The van der Waals surface area contributed by atoms with Gasteiger partial charge in [-0.2, -0.15) is 0 Å². The van der Waals surface area contributed by atoms with Crippen LogP contribution in [-0.4, -0.2) is 19.0 Å². The van der Waals surface area contributed by atoms with Gasteiger partial charge in [0.15, 0.2) is 0 Å². The van der Waals surface area contributed by atoms with Gasteiger partial charge < -0.3 is 10.2 Å². The average molecular weight is 325 g/mol. The molecule has 0 unspecified atom stereocenters. The molecular formula is C14H17BrN2S. The van der Waals surface area contributed by atoms with Crippen LogP contribution in [0.5, 0.6) is 0 Å². The van der Waals surface area contributed by atoms with Crippen LogP contribution < -0.4 is 5.32 Å². The highest BCUT2D eigenvalue weighted by Crippen LogP contribution is 2.21. The summed E-state index contributed by atoms with van der Waals surface area (Å²) >= 11 is 5.20. The van der Waals surface area contributed by atoms with Crippen molar-refractivity contribution in [3.63, 3.8) is 0 Å². The van der Waals surface area contributed by atoms with E-state index in [0.717, 1.165) is 13.1 Å². The van der Waals surface area contributed by atoms with E-state index in [1.165, 1.54) is 20.6 Å². The number of halogens is 1. The molecule has 0 bridgehead atoms. The van der Waals surface area contributed by atoms with E-state index >= 15 is 0 Å². The van der Waals surface area contributed by atoms with Crippen LogP contribution >= 0.6 is 27.3 Å². The summed E-state index contributed by atoms with van der Waals surface area (Å²) in [6.07, 6.45) is 0. The minimum atomic E-state index is 0.869. The quantitative estimate of drug-likeness (QED) is 0.887. The third-order valence-corrected chi connectivity index (χ3v) is 4.10. The fourth-order valence-corrected chi connectivity index (χ4v) is 3.00. The zero-order chi connectivity index (χ0) is 13.0. The lowest BCUT2D eigenvalue weighted by Crippen LogP contribution is -2.10. The van der Waals surface area contributed by atoms with Crippen molar-refractivity contribution in [3.05, 3.63) is 50.6 Å². The minimum Gasteiger partial charge on any atom is -0.381 e. The van der Waals surface area contributed by atoms with Crippen LogP contribution in [0.3, 0.4) is 0 Å². The summed E-state index contributed by atoms with van der Waals surface area (Å²) < 4.78 is 1.18. The van der Waals surface area contributed by atoms with Gasteiger partial charge in [0.2, 0.25) is 0 Å². The maximum atomic E-state index is 3.48. The molecule has 1 aromatic carbocycles. The lowest BCUT2D eigenvalue weighted by molar-refractivity contribution is 0.402. The summed E-state index contributed by atoms with van der Waals surface area (Å²) in [5, 5.41) is 5.62. The molecular weight excluding hydrogens is 308 g/mol. The molecule has 96 valence electrons. The van der Waals surface area contributed by atoms with E-state index < -0.39 is 0 Å². The van der Waals surface area contributed by atoms with Gasteiger partial charge in [0.05, 0.1) is 3.79 Å². The molecule has 0 spiro atoms. The summed E-state index contributed by atoms with van der Waals surface area (Å²) in [5.74, 6) is 0. The van der Waals surface area contributed by atoms with Crippen LogP contribution in [0.1, 0.15) is 11.1 Å². The smallest absolute Gasteiger partial charge is 0.0701 e. The molecule has 18 heavy (non-hydrogen) atoms. The van der Waals surface area contributed by atoms with Gasteiger partial charge in [-0.3, -0.25) is 0 Å². The lowest BCUT2D eigenvalue weighted by Gasteiger charge is -2.11. The second kappa shape index (κ2) is 6.36. The van der Waals surface area contributed by atoms with Crippen LogP contribution in [0.15, 0.2) is 39.5 Å². The van der Waals surface area contributed by atoms with Gasteiger partial charge in [-0.15, -0.1) is 11.3 Å². The van der Waals surface area contributed by atoms with Crippen molar-refractivity contribution in [1.29, 1.82) is 0 Å². The number of benzene rings is 1. The number of thiophene rings is 1. The number of nitrogens with one attached hydrogen (secondary N) is 1. The maximum absolute atomic E-state index is 3.48. The van der Waals surface area contributed by atoms with Crippen molar-refractivity contribution in [3.8, 4) is 0 Å². The molecule has 0 aliphatic heterocycles. The summed E-state index contributed by atoms with van der Waals surface area (Å²) in [4.78, 5) is 2.18. The molecule has 1 N–H and O–H groups in total. The Morgan fingerprint density at radius 1 is 1.22 bits per heavy atom. The fraction of sp³-hybridized carbons (Fsp3) is 0.286. The van der Waals surface area contributed by atoms with E-state index in [1.807, 2.05) is 0 Å². The van der Waals surface area contributed by atoms with Crippen molar-refractivity contribution < 1.29 is 0 Å². The van der Waals surface area contributed by atoms with E-state index in [2.05, 4.69) is 76.0 Å². The Balaban J connectivity index is 1.96. The highest BCUT2D eigenvalue weighted by atomic mass is 79.9. The number of nitrogens with zero attached hydrogens (tertiary/aromatic N) is 1. The minimum absolute atomic E-state index is 0.869. The largest absolute Gasteiger partial charge is 0.381 e. The van der Waals surface area contributed by atoms with Gasteiger partial charge >= 0.3 is 0 Å². The first-order chi connectivity index (χ1) is 8.63. The van der Waals surface area contributed by atoms with Crippen molar-refractivity contribution in [2.45, 2.75) is 13.1 Å². The maximum Gasteiger partial charge on any atom is 0.0701 e. The van der Waals surface area contributed by atoms with Gasteiger partial charge in [-0.25, -0.2) is 0 Å². The highest BCUT2D eigenvalue weighted by molar-refractivity contribution is 9.11. The molecule has 0 radical (unpaired) electrons. The Labute approximate surface area is 121 Å². The lowest BCUT2D eigenvalue weighted by atomic mass is 10.2. The van der Waals surface area contributed by atoms with Gasteiger partial charge in [0.1, 0.15) is 0 Å². The number of anilines is 1. The van der Waals surface area contributed by atoms with Gasteiger partial charge in [-0.05, 0) is 64.7 Å². The molecule has 0 saturated carbocycles.